The van der Waals surface area contributed by atoms with Gasteiger partial charge in [0.15, 0.2) is 0 Å². The van der Waals surface area contributed by atoms with E-state index in [0.29, 0.717) is 22.5 Å². The zero-order valence-corrected chi connectivity index (χ0v) is 17.5. The fraction of sp³-hybridized carbons (Fsp3) is 0.471. The second-order valence-corrected chi connectivity index (χ2v) is 10.5. The highest BCUT2D eigenvalue weighted by atomic mass is 35.5. The molecule has 0 spiro atoms. The van der Waals surface area contributed by atoms with Gasteiger partial charge in [0.2, 0.25) is 5.13 Å². The molecule has 4 rings (SSSR count). The van der Waals surface area contributed by atoms with Crippen LogP contribution in [-0.4, -0.2) is 49.4 Å². The van der Waals surface area contributed by atoms with Crippen molar-refractivity contribution in [3.05, 3.63) is 35.6 Å². The Labute approximate surface area is 175 Å². The summed E-state index contributed by atoms with van der Waals surface area (Å²) >= 11 is 6.85. The lowest BCUT2D eigenvalue weighted by molar-refractivity contribution is 0.00976. The molecule has 29 heavy (non-hydrogen) atoms. The minimum absolute atomic E-state index is 0.00384. The van der Waals surface area contributed by atoms with Crippen LogP contribution >= 0.6 is 23.1 Å². The molecule has 1 aromatic heterocycles. The fourth-order valence-electron chi connectivity index (χ4n) is 4.10. The molecule has 0 bridgehead atoms. The first-order chi connectivity index (χ1) is 13.6. The normalized spacial score (nSPS) is 23.9. The van der Waals surface area contributed by atoms with E-state index in [1.165, 1.54) is 12.3 Å². The molecule has 158 valence electrons. The molecule has 0 saturated carbocycles. The van der Waals surface area contributed by atoms with Gasteiger partial charge in [0, 0.05) is 47.5 Å². The van der Waals surface area contributed by atoms with Crippen LogP contribution in [0.15, 0.2) is 34.7 Å². The number of aromatic nitrogens is 1. The Morgan fingerprint density at radius 1 is 1.38 bits per heavy atom. The van der Waals surface area contributed by atoms with Gasteiger partial charge in [-0.2, -0.15) is 8.42 Å². The summed E-state index contributed by atoms with van der Waals surface area (Å²) in [6, 6.07) is 3.53. The minimum atomic E-state index is -4.33. The van der Waals surface area contributed by atoms with E-state index >= 15 is 0 Å². The molecule has 6 nitrogen and oxygen atoms in total. The molecule has 1 atom stereocenters. The smallest absolute Gasteiger partial charge is 0.283 e. The predicted molar refractivity (Wildman–Crippen MR) is 106 cm³/mol. The summed E-state index contributed by atoms with van der Waals surface area (Å²) in [5.41, 5.74) is -0.351. The Kier molecular flexibility index (Phi) is 5.21. The second-order valence-electron chi connectivity index (χ2n) is 7.32. The first kappa shape index (κ1) is 20.7. The van der Waals surface area contributed by atoms with Gasteiger partial charge in [-0.1, -0.05) is 0 Å². The van der Waals surface area contributed by atoms with Crippen molar-refractivity contribution >= 4 is 44.0 Å². The molecule has 0 aliphatic carbocycles. The molecule has 2 fully saturated rings. The monoisotopic (exact) mass is 466 g/mol. The highest BCUT2D eigenvalue weighted by Gasteiger charge is 2.56. The molecule has 0 radical (unpaired) electrons. The van der Waals surface area contributed by atoms with Crippen LogP contribution in [0.2, 0.25) is 0 Å². The number of nitrogens with one attached hydrogen (secondary N) is 1. The van der Waals surface area contributed by atoms with Crippen LogP contribution < -0.4 is 9.14 Å². The molecular weight excluding hydrogens is 449 g/mol. The second kappa shape index (κ2) is 7.29. The summed E-state index contributed by atoms with van der Waals surface area (Å²) in [4.78, 5) is 4.99. The van der Waals surface area contributed by atoms with Crippen LogP contribution in [0.25, 0.3) is 0 Å². The number of fused-ring (bicyclic) bond motifs is 1. The van der Waals surface area contributed by atoms with Gasteiger partial charge >= 0.3 is 0 Å². The van der Waals surface area contributed by atoms with Crippen LogP contribution in [-0.2, 0) is 10.0 Å². The lowest BCUT2D eigenvalue weighted by Crippen LogP contribution is -2.44. The molecule has 2 saturated heterocycles. The first-order valence-corrected chi connectivity index (χ1v) is 11.6. The number of hydrogen-bond acceptors (Lipinski definition) is 6. The maximum Gasteiger partial charge on any atom is 0.283 e. The number of rotatable bonds is 6. The van der Waals surface area contributed by atoms with Crippen molar-refractivity contribution in [1.82, 2.24) is 9.88 Å². The third kappa shape index (κ3) is 3.80. The quantitative estimate of drug-likeness (QED) is 0.654. The van der Waals surface area contributed by atoms with Crippen molar-refractivity contribution < 1.29 is 21.6 Å². The van der Waals surface area contributed by atoms with Crippen molar-refractivity contribution in [3.8, 4) is 0 Å². The van der Waals surface area contributed by atoms with Gasteiger partial charge in [0.05, 0.1) is 6.54 Å². The zero-order chi connectivity index (χ0) is 20.9. The van der Waals surface area contributed by atoms with E-state index < -0.39 is 32.2 Å². The molecule has 1 aromatic carbocycles. The summed E-state index contributed by atoms with van der Waals surface area (Å²) in [5.74, 6) is -3.72. The van der Waals surface area contributed by atoms with Crippen molar-refractivity contribution in [3.63, 3.8) is 0 Å². The van der Waals surface area contributed by atoms with Crippen LogP contribution in [0.1, 0.15) is 19.3 Å². The number of anilines is 2. The largest absolute Gasteiger partial charge is 0.383 e. The van der Waals surface area contributed by atoms with Crippen molar-refractivity contribution in [2.45, 2.75) is 35.6 Å². The Morgan fingerprint density at radius 2 is 2.17 bits per heavy atom. The van der Waals surface area contributed by atoms with Gasteiger partial charge in [-0.15, -0.1) is 15.2 Å². The highest BCUT2D eigenvalue weighted by molar-refractivity contribution is 7.94. The van der Waals surface area contributed by atoms with Crippen molar-refractivity contribution in [2.24, 2.45) is 0 Å². The average molecular weight is 467 g/mol. The number of thiazole rings is 1. The zero-order valence-electron chi connectivity index (χ0n) is 15.1. The van der Waals surface area contributed by atoms with Gasteiger partial charge in [-0.05, 0) is 37.6 Å². The number of hydrogen-bond donors (Lipinski definition) is 1. The molecule has 3 heterocycles. The number of benzene rings is 1. The molecular formula is C17H18ClF3N4O2S2. The predicted octanol–water partition coefficient (Wildman–Crippen LogP) is 3.92. The van der Waals surface area contributed by atoms with E-state index in [1.54, 1.807) is 10.3 Å². The van der Waals surface area contributed by atoms with Crippen LogP contribution in [0.3, 0.4) is 0 Å². The third-order valence-electron chi connectivity index (χ3n) is 5.36. The lowest BCUT2D eigenvalue weighted by Gasteiger charge is -2.31. The maximum atomic E-state index is 14.6. The van der Waals surface area contributed by atoms with Crippen LogP contribution in [0, 0.1) is 5.82 Å². The Balaban J connectivity index is 1.51. The van der Waals surface area contributed by atoms with Gasteiger partial charge in [-0.25, -0.2) is 18.2 Å². The van der Waals surface area contributed by atoms with Gasteiger partial charge < -0.3 is 5.32 Å². The van der Waals surface area contributed by atoms with E-state index in [-0.39, 0.29) is 24.6 Å². The van der Waals surface area contributed by atoms with E-state index in [1.807, 2.05) is 0 Å². The summed E-state index contributed by atoms with van der Waals surface area (Å²) in [7, 11) is -4.33. The van der Waals surface area contributed by atoms with Crippen molar-refractivity contribution in [1.29, 1.82) is 0 Å². The summed E-state index contributed by atoms with van der Waals surface area (Å²) < 4.78 is 67.8. The molecule has 2 aromatic rings. The maximum absolute atomic E-state index is 14.6. The fourth-order valence-corrected chi connectivity index (χ4v) is 6.33. The molecule has 2 aliphatic rings. The summed E-state index contributed by atoms with van der Waals surface area (Å²) in [6.07, 6.45) is 2.62. The summed E-state index contributed by atoms with van der Waals surface area (Å²) in [5, 5.41) is 4.54. The Morgan fingerprint density at radius 3 is 2.86 bits per heavy atom. The minimum Gasteiger partial charge on any atom is -0.383 e. The van der Waals surface area contributed by atoms with Crippen molar-refractivity contribution in [2.75, 3.05) is 28.8 Å². The van der Waals surface area contributed by atoms with E-state index in [4.69, 9.17) is 11.8 Å². The molecule has 2 aliphatic heterocycles. The number of halogens is 4. The lowest BCUT2D eigenvalue weighted by atomic mass is 9.93. The van der Waals surface area contributed by atoms with Crippen LogP contribution in [0.4, 0.5) is 24.0 Å². The SMILES string of the molecule is O=S(=O)(c1ccc(NCC23CCCN2CC(F)(F)C3)cc1F)N(Cl)c1nccs1. The molecule has 12 heteroatoms. The Bertz CT molecular complexity index is 1010. The van der Waals surface area contributed by atoms with Gasteiger partial charge in [0.25, 0.3) is 15.9 Å². The summed E-state index contributed by atoms with van der Waals surface area (Å²) in [6.45, 7) is 0.586. The van der Waals surface area contributed by atoms with E-state index in [0.717, 1.165) is 29.9 Å². The average Bonchev–Trinajstić information content (AvgIpc) is 3.34. The molecule has 1 N–H and O–H groups in total. The number of sulfonamides is 1. The first-order valence-electron chi connectivity index (χ1n) is 8.90. The highest BCUT2D eigenvalue weighted by Crippen LogP contribution is 2.45. The number of alkyl halides is 2. The van der Waals surface area contributed by atoms with E-state index in [2.05, 4.69) is 10.3 Å². The van der Waals surface area contributed by atoms with Gasteiger partial charge in [-0.3, -0.25) is 4.90 Å². The molecule has 0 amide bonds. The van der Waals surface area contributed by atoms with Gasteiger partial charge in [0.1, 0.15) is 10.7 Å². The third-order valence-corrected chi connectivity index (χ3v) is 8.52. The van der Waals surface area contributed by atoms with E-state index in [9.17, 15) is 21.6 Å². The van der Waals surface area contributed by atoms with Crippen LogP contribution in [0.5, 0.6) is 0 Å². The number of nitrogens with zero attached hydrogens (tertiary/aromatic N) is 3. The Hall–Kier alpha value is -1.56. The molecule has 1 unspecified atom stereocenters. The topological polar surface area (TPSA) is 65.5 Å². The standard InChI is InChI=1S/C17H18ClF3N4O2S2/c18-25(15-22-5-7-28-15)29(26,27)14-3-2-12(8-13(14)19)23-10-16-4-1-6-24(16)11-17(20,21)9-16/h2-3,5,7-8,23H,1,4,6,9-11H2.